The second-order valence-electron chi connectivity index (χ2n) is 13.1. The van der Waals surface area contributed by atoms with Crippen LogP contribution in [0.25, 0.3) is 6.08 Å². The van der Waals surface area contributed by atoms with E-state index in [9.17, 15) is 32.8 Å². The van der Waals surface area contributed by atoms with E-state index < -0.39 is 52.5 Å². The van der Waals surface area contributed by atoms with Crippen LogP contribution in [-0.4, -0.2) is 58.9 Å². The van der Waals surface area contributed by atoms with Crippen molar-refractivity contribution in [1.29, 1.82) is 0 Å². The Kier molecular flexibility index (Phi) is 11.5. The Bertz CT molecular complexity index is 2140. The van der Waals surface area contributed by atoms with E-state index in [1.54, 1.807) is 47.4 Å². The highest BCUT2D eigenvalue weighted by molar-refractivity contribution is 9.10. The first-order valence-corrected chi connectivity index (χ1v) is 18.5. The van der Waals surface area contributed by atoms with Crippen molar-refractivity contribution >= 4 is 62.5 Å². The average Bonchev–Trinajstić information content (AvgIpc) is 3.68. The smallest absolute Gasteiger partial charge is 0.290 e. The number of hydrogen-bond donors (Lipinski definition) is 2. The van der Waals surface area contributed by atoms with Crippen LogP contribution in [0.15, 0.2) is 94.3 Å². The van der Waals surface area contributed by atoms with Gasteiger partial charge in [0.1, 0.15) is 23.5 Å². The second-order valence-corrected chi connectivity index (χ2v) is 15.0. The molecule has 0 aliphatic carbocycles. The van der Waals surface area contributed by atoms with Crippen molar-refractivity contribution in [2.24, 2.45) is 5.92 Å². The molecule has 2 aliphatic heterocycles. The van der Waals surface area contributed by atoms with Crippen molar-refractivity contribution in [3.63, 3.8) is 0 Å². The molecule has 2 saturated heterocycles. The van der Waals surface area contributed by atoms with Gasteiger partial charge in [0.25, 0.3) is 23.0 Å². The number of amides is 4. The Morgan fingerprint density at radius 3 is 2.40 bits per heavy atom. The minimum atomic E-state index is -1.04. The predicted molar refractivity (Wildman–Crippen MR) is 201 cm³/mol. The van der Waals surface area contributed by atoms with Gasteiger partial charge in [-0.15, -0.1) is 0 Å². The summed E-state index contributed by atoms with van der Waals surface area (Å²) in [5, 5.41) is 4.66. The van der Waals surface area contributed by atoms with Crippen LogP contribution in [0.4, 0.5) is 13.6 Å². The van der Waals surface area contributed by atoms with Gasteiger partial charge in [0.15, 0.2) is 5.78 Å². The van der Waals surface area contributed by atoms with Gasteiger partial charge in [-0.1, -0.05) is 56.3 Å². The molecule has 0 saturated carbocycles. The summed E-state index contributed by atoms with van der Waals surface area (Å²) in [7, 11) is 0. The van der Waals surface area contributed by atoms with E-state index in [0.29, 0.717) is 35.3 Å². The number of nitrogens with zero attached hydrogens (tertiary/aromatic N) is 1. The van der Waals surface area contributed by atoms with Gasteiger partial charge in [-0.2, -0.15) is 0 Å². The number of carbonyl (C=O) groups excluding carboxylic acids is 5. The number of likely N-dealkylation sites (tertiary alicyclic amines) is 1. The zero-order valence-electron chi connectivity index (χ0n) is 28.7. The third-order valence-electron chi connectivity index (χ3n) is 8.79. The lowest BCUT2D eigenvalue weighted by Gasteiger charge is -2.25. The maximum Gasteiger partial charge on any atom is 0.290 e. The Morgan fingerprint density at radius 1 is 0.981 bits per heavy atom. The van der Waals surface area contributed by atoms with Crippen molar-refractivity contribution in [2.45, 2.75) is 38.8 Å². The minimum Gasteiger partial charge on any atom is -0.487 e. The molecule has 0 spiro atoms. The van der Waals surface area contributed by atoms with Crippen molar-refractivity contribution in [3.05, 3.63) is 139 Å². The molecule has 2 atom stereocenters. The van der Waals surface area contributed by atoms with Crippen LogP contribution in [0.3, 0.4) is 0 Å². The Balaban J connectivity index is 1.25. The fourth-order valence-corrected chi connectivity index (χ4v) is 7.49. The molecule has 4 aromatic rings. The van der Waals surface area contributed by atoms with Crippen molar-refractivity contribution in [2.75, 3.05) is 13.1 Å². The maximum absolute atomic E-state index is 14.7. The number of nitrogens with one attached hydrogen (secondary N) is 2. The molecule has 0 radical (unpaired) electrons. The summed E-state index contributed by atoms with van der Waals surface area (Å²) in [5.74, 6) is -3.02. The molecule has 9 nitrogen and oxygen atoms in total. The third kappa shape index (κ3) is 8.74. The van der Waals surface area contributed by atoms with E-state index in [1.807, 2.05) is 18.2 Å². The lowest BCUT2D eigenvalue weighted by atomic mass is 9.97. The normalized spacial score (nSPS) is 17.7. The van der Waals surface area contributed by atoms with Crippen LogP contribution >= 0.6 is 27.7 Å². The number of hydrogen-bond acceptors (Lipinski definition) is 7. The Morgan fingerprint density at radius 2 is 1.72 bits per heavy atom. The molecule has 2 aliphatic rings. The molecule has 13 heteroatoms. The number of halogens is 3. The van der Waals surface area contributed by atoms with E-state index in [-0.39, 0.29) is 34.7 Å². The molecule has 0 aromatic heterocycles. The number of ether oxygens (including phenoxy) is 1. The summed E-state index contributed by atoms with van der Waals surface area (Å²) in [4.78, 5) is 66.4. The van der Waals surface area contributed by atoms with Crippen molar-refractivity contribution in [1.82, 2.24) is 15.5 Å². The first-order valence-electron chi connectivity index (χ1n) is 16.8. The zero-order chi connectivity index (χ0) is 37.8. The number of para-hydroxylation sites is 1. The lowest BCUT2D eigenvalue weighted by Crippen LogP contribution is -2.43. The minimum absolute atomic E-state index is 0.0279. The first kappa shape index (κ1) is 37.6. The standard InChI is InChI=1S/C40H34BrF2N3O6S/c1-22(2)16-25-6-5-9-32(41)36(25)52-28-19-27(20-44-37(48)24-12-10-23(11-13-24)17-34-38(49)45-40(51)53-34)46(21-28)39(50)30-8-4-3-7-29(30)35(47)31-15-14-26(42)18-33(31)43/h3-15,17-18,22,27-28H,16,19-21H2,1-2H3,(H,44,48)(H,45,49,51)/b34-17-/t27-,28+/m0/s1. The molecular formula is C40H34BrF2N3O6S. The predicted octanol–water partition coefficient (Wildman–Crippen LogP) is 7.57. The van der Waals surface area contributed by atoms with Crippen LogP contribution in [-0.2, 0) is 11.2 Å². The van der Waals surface area contributed by atoms with Crippen molar-refractivity contribution < 1.29 is 37.5 Å². The van der Waals surface area contributed by atoms with Crippen LogP contribution in [0.2, 0.25) is 0 Å². The van der Waals surface area contributed by atoms with Crippen LogP contribution < -0.4 is 15.4 Å². The number of rotatable bonds is 11. The van der Waals surface area contributed by atoms with Gasteiger partial charge in [-0.05, 0) is 93.6 Å². The third-order valence-corrected chi connectivity index (χ3v) is 10.2. The molecule has 6 rings (SSSR count). The summed E-state index contributed by atoms with van der Waals surface area (Å²) in [5.41, 5.74) is 1.57. The number of benzene rings is 4. The SMILES string of the molecule is CC(C)Cc1cccc(Br)c1O[C@@H]1C[C@@H](CNC(=O)c2ccc(/C=C3\SC(=O)NC3=O)cc2)N(C(=O)c2ccccc2C(=O)c2ccc(F)cc2F)C1. The summed E-state index contributed by atoms with van der Waals surface area (Å²) in [6.07, 6.45) is 2.19. The topological polar surface area (TPSA) is 122 Å². The molecule has 0 unspecified atom stereocenters. The van der Waals surface area contributed by atoms with Crippen molar-refractivity contribution in [3.8, 4) is 5.75 Å². The average molecular weight is 803 g/mol. The summed E-state index contributed by atoms with van der Waals surface area (Å²) in [6, 6.07) is 20.4. The molecule has 2 fully saturated rings. The summed E-state index contributed by atoms with van der Waals surface area (Å²) in [6.45, 7) is 4.39. The molecule has 0 bridgehead atoms. The number of ketones is 1. The van der Waals surface area contributed by atoms with Crippen LogP contribution in [0, 0.1) is 17.6 Å². The van der Waals surface area contributed by atoms with Gasteiger partial charge in [0.2, 0.25) is 0 Å². The summed E-state index contributed by atoms with van der Waals surface area (Å²) < 4.78 is 35.7. The fraction of sp³-hybridized carbons (Fsp3) is 0.225. The second kappa shape index (κ2) is 16.3. The molecule has 2 heterocycles. The molecule has 2 N–H and O–H groups in total. The number of imide groups is 1. The molecule has 4 aromatic carbocycles. The number of thioether (sulfide) groups is 1. The van der Waals surface area contributed by atoms with E-state index in [1.165, 1.54) is 12.1 Å². The van der Waals surface area contributed by atoms with Gasteiger partial charge in [0.05, 0.1) is 33.1 Å². The highest BCUT2D eigenvalue weighted by atomic mass is 79.9. The molecule has 53 heavy (non-hydrogen) atoms. The van der Waals surface area contributed by atoms with Gasteiger partial charge >= 0.3 is 0 Å². The molecular weight excluding hydrogens is 768 g/mol. The van der Waals surface area contributed by atoms with Gasteiger partial charge in [-0.3, -0.25) is 29.3 Å². The fourth-order valence-electron chi connectivity index (χ4n) is 6.31. The largest absolute Gasteiger partial charge is 0.487 e. The van der Waals surface area contributed by atoms with Gasteiger partial charge in [0, 0.05) is 30.2 Å². The Hall–Kier alpha value is -5.14. The van der Waals surface area contributed by atoms with Gasteiger partial charge < -0.3 is 15.0 Å². The lowest BCUT2D eigenvalue weighted by molar-refractivity contribution is -0.115. The quantitative estimate of drug-likeness (QED) is 0.119. The molecule has 4 amide bonds. The van der Waals surface area contributed by atoms with Crippen LogP contribution in [0.5, 0.6) is 5.75 Å². The Labute approximate surface area is 317 Å². The molecule has 272 valence electrons. The summed E-state index contributed by atoms with van der Waals surface area (Å²) >= 11 is 4.41. The van der Waals surface area contributed by atoms with Crippen LogP contribution in [0.1, 0.15) is 68.0 Å². The zero-order valence-corrected chi connectivity index (χ0v) is 31.1. The van der Waals surface area contributed by atoms with E-state index in [2.05, 4.69) is 40.4 Å². The number of carbonyl (C=O) groups is 5. The van der Waals surface area contributed by atoms with E-state index in [4.69, 9.17) is 4.74 Å². The first-order chi connectivity index (χ1) is 25.4. The highest BCUT2D eigenvalue weighted by Gasteiger charge is 2.39. The van der Waals surface area contributed by atoms with E-state index >= 15 is 0 Å². The monoisotopic (exact) mass is 801 g/mol. The highest BCUT2D eigenvalue weighted by Crippen LogP contribution is 2.35. The van der Waals surface area contributed by atoms with E-state index in [0.717, 1.165) is 40.4 Å². The van der Waals surface area contributed by atoms with Gasteiger partial charge in [-0.25, -0.2) is 8.78 Å². The maximum atomic E-state index is 14.7.